The molecule has 0 fully saturated rings. The van der Waals surface area contributed by atoms with Gasteiger partial charge in [0.25, 0.3) is 11.8 Å². The number of amides is 2. The van der Waals surface area contributed by atoms with Crippen LogP contribution in [0.25, 0.3) is 0 Å². The van der Waals surface area contributed by atoms with Crippen LogP contribution in [0.4, 0.5) is 11.4 Å². The summed E-state index contributed by atoms with van der Waals surface area (Å²) in [6.07, 6.45) is 0. The molecule has 0 aliphatic carbocycles. The first-order valence-electron chi connectivity index (χ1n) is 10.4. The summed E-state index contributed by atoms with van der Waals surface area (Å²) >= 11 is 1.58. The highest BCUT2D eigenvalue weighted by Gasteiger charge is 2.28. The van der Waals surface area contributed by atoms with E-state index in [1.54, 1.807) is 22.7 Å². The number of carbonyl (C=O) groups is 3. The Balaban J connectivity index is 1.38. The average Bonchev–Trinajstić information content (AvgIpc) is 2.88. The molecule has 2 amide bonds. The number of ether oxygens (including phenoxy) is 3. The van der Waals surface area contributed by atoms with Gasteiger partial charge in [-0.3, -0.25) is 19.3 Å². The number of methoxy groups -OCH3 is 2. The third-order valence-electron chi connectivity index (χ3n) is 5.05. The molecule has 1 aliphatic rings. The third-order valence-corrected chi connectivity index (χ3v) is 6.18. The summed E-state index contributed by atoms with van der Waals surface area (Å²) in [4.78, 5) is 41.1. The van der Waals surface area contributed by atoms with Crippen molar-refractivity contribution in [1.82, 2.24) is 5.32 Å². The molecular formula is C25H22N2O6S. The van der Waals surface area contributed by atoms with Crippen LogP contribution in [0.15, 0.2) is 76.5 Å². The van der Waals surface area contributed by atoms with Crippen molar-refractivity contribution in [3.05, 3.63) is 72.3 Å². The number of hydrogen-bond donors (Lipinski definition) is 1. The van der Waals surface area contributed by atoms with Gasteiger partial charge >= 0.3 is 5.97 Å². The summed E-state index contributed by atoms with van der Waals surface area (Å²) in [7, 11) is 2.95. The van der Waals surface area contributed by atoms with Gasteiger partial charge in [-0.05, 0) is 36.4 Å². The van der Waals surface area contributed by atoms with Crippen molar-refractivity contribution in [2.75, 3.05) is 32.3 Å². The summed E-state index contributed by atoms with van der Waals surface area (Å²) in [6.45, 7) is -0.857. The van der Waals surface area contributed by atoms with Crippen LogP contribution in [0.1, 0.15) is 10.4 Å². The number of para-hydroxylation sites is 2. The Morgan fingerprint density at radius 1 is 0.853 bits per heavy atom. The summed E-state index contributed by atoms with van der Waals surface area (Å²) < 4.78 is 15.5. The number of nitrogens with one attached hydrogen (secondary N) is 1. The molecule has 9 heteroatoms. The van der Waals surface area contributed by atoms with Crippen LogP contribution in [-0.2, 0) is 14.3 Å². The van der Waals surface area contributed by atoms with Crippen LogP contribution in [0.3, 0.4) is 0 Å². The molecule has 0 atom stereocenters. The summed E-state index contributed by atoms with van der Waals surface area (Å²) in [5.41, 5.74) is 1.72. The van der Waals surface area contributed by atoms with E-state index < -0.39 is 30.9 Å². The average molecular weight is 479 g/mol. The van der Waals surface area contributed by atoms with E-state index in [4.69, 9.17) is 14.2 Å². The van der Waals surface area contributed by atoms with Crippen LogP contribution in [0, 0.1) is 0 Å². The monoisotopic (exact) mass is 478 g/mol. The number of carbonyl (C=O) groups excluding carboxylic acids is 3. The molecule has 8 nitrogen and oxygen atoms in total. The molecule has 0 saturated carbocycles. The van der Waals surface area contributed by atoms with E-state index in [1.165, 1.54) is 26.4 Å². The van der Waals surface area contributed by atoms with E-state index in [2.05, 4.69) is 5.32 Å². The number of benzene rings is 3. The zero-order valence-electron chi connectivity index (χ0n) is 18.6. The summed E-state index contributed by atoms with van der Waals surface area (Å²) in [6, 6.07) is 19.8. The number of anilines is 2. The lowest BCUT2D eigenvalue weighted by atomic mass is 10.2. The molecule has 174 valence electrons. The van der Waals surface area contributed by atoms with Gasteiger partial charge in [-0.15, -0.1) is 0 Å². The minimum absolute atomic E-state index is 0.263. The second kappa shape index (κ2) is 10.3. The highest BCUT2D eigenvalue weighted by molar-refractivity contribution is 7.99. The predicted octanol–water partition coefficient (Wildman–Crippen LogP) is 3.81. The van der Waals surface area contributed by atoms with Crippen LogP contribution < -0.4 is 19.7 Å². The molecular weight excluding hydrogens is 456 g/mol. The van der Waals surface area contributed by atoms with E-state index >= 15 is 0 Å². The van der Waals surface area contributed by atoms with Gasteiger partial charge in [-0.1, -0.05) is 36.0 Å². The lowest BCUT2D eigenvalue weighted by Gasteiger charge is -2.30. The van der Waals surface area contributed by atoms with Gasteiger partial charge < -0.3 is 19.5 Å². The molecule has 3 aromatic rings. The minimum atomic E-state index is -0.732. The lowest BCUT2D eigenvalue weighted by Crippen LogP contribution is -2.35. The smallest absolute Gasteiger partial charge is 0.325 e. The largest absolute Gasteiger partial charge is 0.497 e. The maximum atomic E-state index is 13.1. The summed E-state index contributed by atoms with van der Waals surface area (Å²) in [5.74, 6) is -0.742. The van der Waals surface area contributed by atoms with Gasteiger partial charge in [-0.25, -0.2) is 0 Å². The maximum Gasteiger partial charge on any atom is 0.325 e. The van der Waals surface area contributed by atoms with Crippen molar-refractivity contribution in [3.8, 4) is 11.5 Å². The first kappa shape index (κ1) is 23.2. The lowest BCUT2D eigenvalue weighted by molar-refractivity contribution is -0.146. The Hall–Kier alpha value is -3.98. The highest BCUT2D eigenvalue weighted by Crippen LogP contribution is 2.47. The molecule has 0 radical (unpaired) electrons. The molecule has 1 N–H and O–H groups in total. The second-order valence-corrected chi connectivity index (χ2v) is 8.30. The molecule has 34 heavy (non-hydrogen) atoms. The zero-order chi connectivity index (χ0) is 24.1. The third kappa shape index (κ3) is 4.99. The van der Waals surface area contributed by atoms with Crippen molar-refractivity contribution in [3.63, 3.8) is 0 Å². The molecule has 0 spiro atoms. The Morgan fingerprint density at radius 2 is 1.41 bits per heavy atom. The van der Waals surface area contributed by atoms with Gasteiger partial charge in [-0.2, -0.15) is 0 Å². The van der Waals surface area contributed by atoms with Crippen LogP contribution in [0.2, 0.25) is 0 Å². The van der Waals surface area contributed by atoms with Gasteiger partial charge in [0.2, 0.25) is 0 Å². The normalized spacial score (nSPS) is 11.6. The number of hydrogen-bond acceptors (Lipinski definition) is 7. The van der Waals surface area contributed by atoms with Crippen molar-refractivity contribution in [2.45, 2.75) is 9.79 Å². The van der Waals surface area contributed by atoms with Crippen molar-refractivity contribution in [2.24, 2.45) is 0 Å². The Bertz CT molecular complexity index is 1180. The standard InChI is InChI=1S/C25H22N2O6S/c1-31-17-11-16(12-18(13-17)32-2)25(30)26-14-24(29)33-15-23(28)27-19-7-3-5-9-21(19)34-22-10-6-4-8-20(22)27/h3-13H,14-15H2,1-2H3,(H,26,30). The molecule has 0 aromatic heterocycles. The van der Waals surface area contributed by atoms with Gasteiger partial charge in [0, 0.05) is 21.4 Å². The fourth-order valence-corrected chi connectivity index (χ4v) is 4.48. The van der Waals surface area contributed by atoms with E-state index in [0.29, 0.717) is 11.5 Å². The zero-order valence-corrected chi connectivity index (χ0v) is 19.4. The molecule has 1 heterocycles. The highest BCUT2D eigenvalue weighted by atomic mass is 32.2. The molecule has 0 unspecified atom stereocenters. The topological polar surface area (TPSA) is 94.2 Å². The van der Waals surface area contributed by atoms with Crippen LogP contribution >= 0.6 is 11.8 Å². The van der Waals surface area contributed by atoms with Gasteiger partial charge in [0.05, 0.1) is 25.6 Å². The first-order chi connectivity index (χ1) is 16.5. The second-order valence-electron chi connectivity index (χ2n) is 7.21. The number of rotatable bonds is 7. The van der Waals surface area contributed by atoms with E-state index in [1.807, 2.05) is 48.5 Å². The number of fused-ring (bicyclic) bond motifs is 2. The van der Waals surface area contributed by atoms with Gasteiger partial charge in [0.15, 0.2) is 6.61 Å². The quantitative estimate of drug-likeness (QED) is 0.516. The molecule has 3 aromatic carbocycles. The molecule has 1 aliphatic heterocycles. The fraction of sp³-hybridized carbons (Fsp3) is 0.160. The Morgan fingerprint density at radius 3 is 1.97 bits per heavy atom. The van der Waals surface area contributed by atoms with E-state index in [9.17, 15) is 14.4 Å². The van der Waals surface area contributed by atoms with Crippen LogP contribution in [-0.4, -0.2) is 45.2 Å². The fourth-order valence-electron chi connectivity index (χ4n) is 3.42. The SMILES string of the molecule is COc1cc(OC)cc(C(=O)NCC(=O)OCC(=O)N2c3ccccc3Sc3ccccc32)c1. The molecule has 0 bridgehead atoms. The van der Waals surface area contributed by atoms with E-state index in [-0.39, 0.29) is 5.56 Å². The maximum absolute atomic E-state index is 13.1. The number of esters is 1. The van der Waals surface area contributed by atoms with Crippen molar-refractivity contribution < 1.29 is 28.6 Å². The predicted molar refractivity (Wildman–Crippen MR) is 127 cm³/mol. The van der Waals surface area contributed by atoms with Crippen LogP contribution in [0.5, 0.6) is 11.5 Å². The number of nitrogens with zero attached hydrogens (tertiary/aromatic N) is 1. The summed E-state index contributed by atoms with van der Waals surface area (Å²) in [5, 5.41) is 2.48. The van der Waals surface area contributed by atoms with E-state index in [0.717, 1.165) is 21.2 Å². The Labute approximate surface area is 200 Å². The van der Waals surface area contributed by atoms with Gasteiger partial charge in [0.1, 0.15) is 18.0 Å². The minimum Gasteiger partial charge on any atom is -0.497 e. The van der Waals surface area contributed by atoms with Crippen molar-refractivity contribution in [1.29, 1.82) is 0 Å². The Kier molecular flexibility index (Phi) is 7.03. The van der Waals surface area contributed by atoms with Crippen molar-refractivity contribution >= 4 is 40.9 Å². The first-order valence-corrected chi connectivity index (χ1v) is 11.2. The molecule has 4 rings (SSSR count). The molecule has 0 saturated heterocycles.